The second kappa shape index (κ2) is 5.89. The predicted octanol–water partition coefficient (Wildman–Crippen LogP) is 3.06. The van der Waals surface area contributed by atoms with Gasteiger partial charge in [0, 0.05) is 43.0 Å². The smallest absolute Gasteiger partial charge is 0.269 e. The zero-order chi connectivity index (χ0) is 14.5. The highest BCUT2D eigenvalue weighted by molar-refractivity contribution is 5.51. The number of benzene rings is 2. The van der Waals surface area contributed by atoms with Crippen molar-refractivity contribution in [3.63, 3.8) is 0 Å². The van der Waals surface area contributed by atoms with Gasteiger partial charge in [-0.05, 0) is 36.4 Å². The van der Waals surface area contributed by atoms with Crippen LogP contribution < -0.4 is 4.90 Å². The average molecular weight is 266 g/mol. The number of nitrogens with zero attached hydrogens (tertiary/aromatic N) is 2. The zero-order valence-corrected chi connectivity index (χ0v) is 11.3. The molecule has 0 N–H and O–H groups in total. The van der Waals surface area contributed by atoms with E-state index in [1.165, 1.54) is 12.1 Å². The van der Waals surface area contributed by atoms with Gasteiger partial charge in [0.2, 0.25) is 0 Å². The third-order valence-electron chi connectivity index (χ3n) is 2.81. The number of nitro benzene ring substituents is 1. The Balaban J connectivity index is 2.15. The van der Waals surface area contributed by atoms with Crippen LogP contribution in [0.15, 0.2) is 48.5 Å². The van der Waals surface area contributed by atoms with E-state index in [1.807, 2.05) is 43.3 Å². The second-order valence-electron chi connectivity index (χ2n) is 4.50. The maximum Gasteiger partial charge on any atom is 0.269 e. The highest BCUT2D eigenvalue weighted by atomic mass is 16.6. The monoisotopic (exact) mass is 266 g/mol. The topological polar surface area (TPSA) is 46.4 Å². The Morgan fingerprint density at radius 3 is 1.75 bits per heavy atom. The molecule has 0 amide bonds. The van der Waals surface area contributed by atoms with Crippen LogP contribution in [-0.2, 0) is 0 Å². The van der Waals surface area contributed by atoms with Gasteiger partial charge < -0.3 is 4.90 Å². The fraction of sp³-hybridized carbons (Fsp3) is 0.125. The summed E-state index contributed by atoms with van der Waals surface area (Å²) in [6.45, 7) is 0. The molecule has 2 rings (SSSR count). The largest absolute Gasteiger partial charge is 0.378 e. The highest BCUT2D eigenvalue weighted by Gasteiger charge is 2.02. The summed E-state index contributed by atoms with van der Waals surface area (Å²) in [5.41, 5.74) is 2.86. The van der Waals surface area contributed by atoms with Crippen molar-refractivity contribution in [1.29, 1.82) is 0 Å². The summed E-state index contributed by atoms with van der Waals surface area (Å²) in [7, 11) is 3.97. The molecule has 0 unspecified atom stereocenters. The van der Waals surface area contributed by atoms with E-state index in [1.54, 1.807) is 12.1 Å². The van der Waals surface area contributed by atoms with E-state index in [2.05, 4.69) is 11.8 Å². The molecule has 20 heavy (non-hydrogen) atoms. The van der Waals surface area contributed by atoms with E-state index in [4.69, 9.17) is 0 Å². The number of nitro groups is 1. The van der Waals surface area contributed by atoms with E-state index < -0.39 is 4.92 Å². The van der Waals surface area contributed by atoms with Crippen LogP contribution in [0.2, 0.25) is 0 Å². The molecule has 0 bridgehead atoms. The maximum absolute atomic E-state index is 10.5. The van der Waals surface area contributed by atoms with Crippen molar-refractivity contribution in [1.82, 2.24) is 0 Å². The Hall–Kier alpha value is -2.80. The first-order chi connectivity index (χ1) is 9.56. The van der Waals surface area contributed by atoms with Crippen molar-refractivity contribution >= 4 is 11.4 Å². The number of hydrogen-bond donors (Lipinski definition) is 0. The molecule has 2 aromatic rings. The van der Waals surface area contributed by atoms with Gasteiger partial charge in [-0.1, -0.05) is 11.8 Å². The first kappa shape index (κ1) is 13.6. The minimum absolute atomic E-state index is 0.0749. The van der Waals surface area contributed by atoms with Crippen molar-refractivity contribution in [3.8, 4) is 11.8 Å². The number of hydrogen-bond acceptors (Lipinski definition) is 3. The highest BCUT2D eigenvalue weighted by Crippen LogP contribution is 2.13. The van der Waals surface area contributed by atoms with E-state index >= 15 is 0 Å². The van der Waals surface area contributed by atoms with Crippen LogP contribution in [0, 0.1) is 22.0 Å². The molecule has 0 atom stereocenters. The van der Waals surface area contributed by atoms with Crippen molar-refractivity contribution < 1.29 is 4.92 Å². The Morgan fingerprint density at radius 1 is 0.900 bits per heavy atom. The molecule has 0 aliphatic heterocycles. The fourth-order valence-electron chi connectivity index (χ4n) is 1.65. The molecule has 0 fully saturated rings. The van der Waals surface area contributed by atoms with E-state index in [9.17, 15) is 10.1 Å². The lowest BCUT2D eigenvalue weighted by Gasteiger charge is -2.11. The molecule has 0 heterocycles. The van der Waals surface area contributed by atoms with Crippen LogP contribution >= 0.6 is 0 Å². The third-order valence-corrected chi connectivity index (χ3v) is 2.81. The van der Waals surface area contributed by atoms with Crippen molar-refractivity contribution in [3.05, 3.63) is 69.8 Å². The van der Waals surface area contributed by atoms with Crippen molar-refractivity contribution in [2.45, 2.75) is 0 Å². The molecule has 4 nitrogen and oxygen atoms in total. The van der Waals surface area contributed by atoms with Crippen LogP contribution in [0.3, 0.4) is 0 Å². The van der Waals surface area contributed by atoms with Crippen LogP contribution in [0.4, 0.5) is 11.4 Å². The number of rotatable bonds is 2. The Kier molecular flexibility index (Phi) is 4.02. The Morgan fingerprint density at radius 2 is 1.35 bits per heavy atom. The maximum atomic E-state index is 10.5. The summed E-state index contributed by atoms with van der Waals surface area (Å²) in [5, 5.41) is 10.5. The Bertz CT molecular complexity index is 662. The minimum Gasteiger partial charge on any atom is -0.378 e. The van der Waals surface area contributed by atoms with Gasteiger partial charge in [0.25, 0.3) is 5.69 Å². The van der Waals surface area contributed by atoms with Gasteiger partial charge in [0.05, 0.1) is 4.92 Å². The molecule has 0 aromatic heterocycles. The van der Waals surface area contributed by atoms with Crippen LogP contribution in [-0.4, -0.2) is 19.0 Å². The average Bonchev–Trinajstić information content (AvgIpc) is 2.46. The summed E-state index contributed by atoms with van der Waals surface area (Å²) < 4.78 is 0. The Labute approximate surface area is 117 Å². The molecule has 2 aromatic carbocycles. The van der Waals surface area contributed by atoms with Crippen molar-refractivity contribution in [2.75, 3.05) is 19.0 Å². The van der Waals surface area contributed by atoms with Crippen LogP contribution in [0.25, 0.3) is 0 Å². The van der Waals surface area contributed by atoms with Crippen LogP contribution in [0.1, 0.15) is 11.1 Å². The lowest BCUT2D eigenvalue weighted by molar-refractivity contribution is -0.384. The molecule has 0 radical (unpaired) electrons. The first-order valence-electron chi connectivity index (χ1n) is 6.10. The van der Waals surface area contributed by atoms with E-state index in [0.717, 1.165) is 16.8 Å². The van der Waals surface area contributed by atoms with Crippen molar-refractivity contribution in [2.24, 2.45) is 0 Å². The second-order valence-corrected chi connectivity index (χ2v) is 4.50. The third kappa shape index (κ3) is 3.36. The molecule has 100 valence electrons. The molecule has 4 heteroatoms. The van der Waals surface area contributed by atoms with Gasteiger partial charge in [-0.2, -0.15) is 0 Å². The van der Waals surface area contributed by atoms with Gasteiger partial charge in [0.15, 0.2) is 0 Å². The van der Waals surface area contributed by atoms with Gasteiger partial charge in [0.1, 0.15) is 0 Å². The van der Waals surface area contributed by atoms with Gasteiger partial charge >= 0.3 is 0 Å². The first-order valence-corrected chi connectivity index (χ1v) is 6.10. The summed E-state index contributed by atoms with van der Waals surface area (Å²) >= 11 is 0. The normalized spacial score (nSPS) is 9.50. The zero-order valence-electron chi connectivity index (χ0n) is 11.3. The number of anilines is 1. The summed E-state index contributed by atoms with van der Waals surface area (Å²) in [6.07, 6.45) is 0. The molecular formula is C16H14N2O2. The molecule has 0 saturated carbocycles. The van der Waals surface area contributed by atoms with Gasteiger partial charge in [-0.3, -0.25) is 10.1 Å². The van der Waals surface area contributed by atoms with Crippen LogP contribution in [0.5, 0.6) is 0 Å². The molecule has 0 aliphatic rings. The summed E-state index contributed by atoms with van der Waals surface area (Å²) in [4.78, 5) is 12.1. The van der Waals surface area contributed by atoms with Gasteiger partial charge in [-0.15, -0.1) is 0 Å². The molecule has 0 saturated heterocycles. The number of non-ortho nitro benzene ring substituents is 1. The SMILES string of the molecule is CN(C)c1ccc(C#Cc2ccc([N+](=O)[O-])cc2)cc1. The standard InChI is InChI=1S/C16H14N2O2/c1-17(2)15-9-5-13(6-10-15)3-4-14-7-11-16(12-8-14)18(19)20/h5-12H,1-2H3. The van der Waals surface area contributed by atoms with E-state index in [0.29, 0.717) is 0 Å². The lowest BCUT2D eigenvalue weighted by atomic mass is 10.1. The predicted molar refractivity (Wildman–Crippen MR) is 79.8 cm³/mol. The van der Waals surface area contributed by atoms with Gasteiger partial charge in [-0.25, -0.2) is 0 Å². The summed E-state index contributed by atoms with van der Waals surface area (Å²) in [6, 6.07) is 14.1. The molecule has 0 aliphatic carbocycles. The quantitative estimate of drug-likeness (QED) is 0.477. The molecule has 0 spiro atoms. The minimum atomic E-state index is -0.419. The fourth-order valence-corrected chi connectivity index (χ4v) is 1.65. The lowest BCUT2D eigenvalue weighted by Crippen LogP contribution is -2.07. The molecular weight excluding hydrogens is 252 g/mol. The van der Waals surface area contributed by atoms with E-state index in [-0.39, 0.29) is 5.69 Å². The summed E-state index contributed by atoms with van der Waals surface area (Å²) in [5.74, 6) is 6.03.